The maximum Gasteiger partial charge on any atom is 0.244 e. The summed E-state index contributed by atoms with van der Waals surface area (Å²) in [6.07, 6.45) is 4.73. The van der Waals surface area contributed by atoms with Crippen LogP contribution < -0.4 is 11.1 Å². The number of aryl methyl sites for hydroxylation is 1. The molecule has 0 aliphatic rings. The van der Waals surface area contributed by atoms with Gasteiger partial charge in [-0.15, -0.1) is 0 Å². The Morgan fingerprint density at radius 1 is 1.29 bits per heavy atom. The number of carbonyl (C=O) groups excluding carboxylic acids is 1. The molecule has 1 unspecified atom stereocenters. The molecule has 1 heterocycles. The molecule has 0 fully saturated rings. The summed E-state index contributed by atoms with van der Waals surface area (Å²) in [6, 6.07) is 8.08. The van der Waals surface area contributed by atoms with Crippen molar-refractivity contribution in [3.63, 3.8) is 0 Å². The van der Waals surface area contributed by atoms with E-state index in [1.807, 2.05) is 25.1 Å². The van der Waals surface area contributed by atoms with Gasteiger partial charge in [-0.3, -0.25) is 4.79 Å². The maximum absolute atomic E-state index is 12.3. The molecule has 0 spiro atoms. The zero-order chi connectivity index (χ0) is 15.5. The number of benzene rings is 1. The smallest absolute Gasteiger partial charge is 0.244 e. The van der Waals surface area contributed by atoms with Gasteiger partial charge in [0.1, 0.15) is 0 Å². The van der Waals surface area contributed by atoms with Crippen molar-refractivity contribution in [2.24, 2.45) is 5.73 Å². The minimum absolute atomic E-state index is 0.128. The Balaban J connectivity index is 2.22. The first-order valence-electron chi connectivity index (χ1n) is 7.67. The van der Waals surface area contributed by atoms with Crippen LogP contribution >= 0.6 is 0 Å². The van der Waals surface area contributed by atoms with Crippen LogP contribution in [0.15, 0.2) is 30.5 Å². The lowest BCUT2D eigenvalue weighted by Crippen LogP contribution is -2.48. The zero-order valence-electron chi connectivity index (χ0n) is 13.1. The van der Waals surface area contributed by atoms with Gasteiger partial charge in [-0.2, -0.15) is 0 Å². The van der Waals surface area contributed by atoms with E-state index in [0.29, 0.717) is 6.42 Å². The van der Waals surface area contributed by atoms with E-state index in [0.717, 1.165) is 30.6 Å². The Morgan fingerprint density at radius 2 is 2.05 bits per heavy atom. The SMILES string of the molecule is CCCn1ccc2ccc(NC(=O)C(C)(N)CCC)cc21. The molecule has 2 rings (SSSR count). The van der Waals surface area contributed by atoms with Crippen LogP contribution in [-0.4, -0.2) is 16.0 Å². The first kappa shape index (κ1) is 15.6. The lowest BCUT2D eigenvalue weighted by atomic mass is 9.96. The second-order valence-corrected chi connectivity index (χ2v) is 5.90. The van der Waals surface area contributed by atoms with Gasteiger partial charge in [0, 0.05) is 18.4 Å². The highest BCUT2D eigenvalue weighted by molar-refractivity contribution is 5.99. The van der Waals surface area contributed by atoms with Gasteiger partial charge in [0.05, 0.1) is 11.1 Å². The van der Waals surface area contributed by atoms with Gasteiger partial charge in [0.25, 0.3) is 0 Å². The summed E-state index contributed by atoms with van der Waals surface area (Å²) in [6.45, 7) is 6.94. The normalized spacial score (nSPS) is 14.1. The predicted molar refractivity (Wildman–Crippen MR) is 88.4 cm³/mol. The quantitative estimate of drug-likeness (QED) is 0.854. The number of anilines is 1. The second-order valence-electron chi connectivity index (χ2n) is 5.90. The van der Waals surface area contributed by atoms with Crippen molar-refractivity contribution in [2.45, 2.75) is 52.1 Å². The maximum atomic E-state index is 12.3. The third-order valence-corrected chi connectivity index (χ3v) is 3.78. The van der Waals surface area contributed by atoms with Gasteiger partial charge >= 0.3 is 0 Å². The number of nitrogens with one attached hydrogen (secondary N) is 1. The van der Waals surface area contributed by atoms with Crippen molar-refractivity contribution >= 4 is 22.5 Å². The first-order valence-corrected chi connectivity index (χ1v) is 7.67. The fourth-order valence-electron chi connectivity index (χ4n) is 2.60. The van der Waals surface area contributed by atoms with Crippen LogP contribution in [0.5, 0.6) is 0 Å². The fraction of sp³-hybridized carbons (Fsp3) is 0.471. The molecule has 3 N–H and O–H groups in total. The Hall–Kier alpha value is -1.81. The van der Waals surface area contributed by atoms with Crippen LogP contribution in [0.2, 0.25) is 0 Å². The summed E-state index contributed by atoms with van der Waals surface area (Å²) in [4.78, 5) is 12.3. The molecule has 2 aromatic rings. The fourth-order valence-corrected chi connectivity index (χ4v) is 2.60. The summed E-state index contributed by atoms with van der Waals surface area (Å²) in [7, 11) is 0. The first-order chi connectivity index (χ1) is 9.97. The average Bonchev–Trinajstić information content (AvgIpc) is 2.82. The van der Waals surface area contributed by atoms with Crippen molar-refractivity contribution in [2.75, 3.05) is 5.32 Å². The van der Waals surface area contributed by atoms with E-state index >= 15 is 0 Å². The standard InChI is InChI=1S/C17H25N3O/c1-4-9-17(3,18)16(21)19-14-7-6-13-8-11-20(10-5-2)15(13)12-14/h6-8,11-12H,4-5,9-10,18H2,1-3H3,(H,19,21). The van der Waals surface area contributed by atoms with E-state index in [1.165, 1.54) is 5.39 Å². The van der Waals surface area contributed by atoms with Gasteiger partial charge in [0.15, 0.2) is 0 Å². The van der Waals surface area contributed by atoms with Crippen LogP contribution in [0.4, 0.5) is 5.69 Å². The van der Waals surface area contributed by atoms with Gasteiger partial charge in [-0.05, 0) is 43.4 Å². The zero-order valence-corrected chi connectivity index (χ0v) is 13.1. The molecule has 0 aliphatic carbocycles. The summed E-state index contributed by atoms with van der Waals surface area (Å²) in [5, 5.41) is 4.13. The van der Waals surface area contributed by atoms with Crippen LogP contribution in [0.25, 0.3) is 10.9 Å². The number of fused-ring (bicyclic) bond motifs is 1. The molecule has 0 saturated carbocycles. The van der Waals surface area contributed by atoms with Gasteiger partial charge in [-0.25, -0.2) is 0 Å². The number of hydrogen-bond donors (Lipinski definition) is 2. The monoisotopic (exact) mass is 287 g/mol. The largest absolute Gasteiger partial charge is 0.347 e. The topological polar surface area (TPSA) is 60.0 Å². The molecule has 0 bridgehead atoms. The number of carbonyl (C=O) groups is 1. The summed E-state index contributed by atoms with van der Waals surface area (Å²) < 4.78 is 2.21. The lowest BCUT2D eigenvalue weighted by molar-refractivity contribution is -0.120. The molecule has 0 aliphatic heterocycles. The minimum atomic E-state index is -0.824. The van der Waals surface area contributed by atoms with Crippen LogP contribution in [-0.2, 0) is 11.3 Å². The summed E-state index contributed by atoms with van der Waals surface area (Å²) >= 11 is 0. The molecule has 1 aromatic heterocycles. The Bertz CT molecular complexity index is 628. The van der Waals surface area contributed by atoms with E-state index in [4.69, 9.17) is 5.73 Å². The minimum Gasteiger partial charge on any atom is -0.347 e. The number of aromatic nitrogens is 1. The van der Waals surface area contributed by atoms with E-state index in [2.05, 4.69) is 29.1 Å². The Kier molecular flexibility index (Phi) is 4.68. The van der Waals surface area contributed by atoms with Gasteiger partial charge in [0.2, 0.25) is 5.91 Å². The van der Waals surface area contributed by atoms with E-state index in [-0.39, 0.29) is 5.91 Å². The van der Waals surface area contributed by atoms with Crippen molar-refractivity contribution in [1.29, 1.82) is 0 Å². The third-order valence-electron chi connectivity index (χ3n) is 3.78. The number of nitrogens with two attached hydrogens (primary N) is 1. The number of amides is 1. The summed E-state index contributed by atoms with van der Waals surface area (Å²) in [5.41, 5.74) is 7.19. The Morgan fingerprint density at radius 3 is 2.71 bits per heavy atom. The van der Waals surface area contributed by atoms with Crippen molar-refractivity contribution in [3.8, 4) is 0 Å². The molecule has 21 heavy (non-hydrogen) atoms. The van der Waals surface area contributed by atoms with E-state index in [1.54, 1.807) is 6.92 Å². The summed E-state index contributed by atoms with van der Waals surface area (Å²) in [5.74, 6) is -0.128. The molecular weight excluding hydrogens is 262 g/mol. The third kappa shape index (κ3) is 3.45. The molecule has 4 nitrogen and oxygen atoms in total. The number of hydrogen-bond acceptors (Lipinski definition) is 2. The Labute approximate surface area is 126 Å². The van der Waals surface area contributed by atoms with Crippen molar-refractivity contribution in [1.82, 2.24) is 4.57 Å². The molecule has 1 amide bonds. The van der Waals surface area contributed by atoms with Gasteiger partial charge in [-0.1, -0.05) is 26.3 Å². The van der Waals surface area contributed by atoms with Gasteiger partial charge < -0.3 is 15.6 Å². The van der Waals surface area contributed by atoms with Crippen molar-refractivity contribution < 1.29 is 4.79 Å². The molecule has 0 radical (unpaired) electrons. The van der Waals surface area contributed by atoms with Crippen LogP contribution in [0, 0.1) is 0 Å². The molecule has 114 valence electrons. The second kappa shape index (κ2) is 6.31. The number of nitrogens with zero attached hydrogens (tertiary/aromatic N) is 1. The highest BCUT2D eigenvalue weighted by Crippen LogP contribution is 2.22. The predicted octanol–water partition coefficient (Wildman–Crippen LogP) is 3.51. The van der Waals surface area contributed by atoms with E-state index < -0.39 is 5.54 Å². The molecule has 1 aromatic carbocycles. The lowest BCUT2D eigenvalue weighted by Gasteiger charge is -2.22. The van der Waals surface area contributed by atoms with E-state index in [9.17, 15) is 4.79 Å². The highest BCUT2D eigenvalue weighted by Gasteiger charge is 2.27. The molecule has 4 heteroatoms. The number of rotatable bonds is 6. The highest BCUT2D eigenvalue weighted by atomic mass is 16.2. The molecule has 0 saturated heterocycles. The van der Waals surface area contributed by atoms with Crippen LogP contribution in [0.3, 0.4) is 0 Å². The average molecular weight is 287 g/mol. The molecular formula is C17H25N3O. The molecule has 1 atom stereocenters. The van der Waals surface area contributed by atoms with Crippen molar-refractivity contribution in [3.05, 3.63) is 30.5 Å². The van der Waals surface area contributed by atoms with Crippen LogP contribution in [0.1, 0.15) is 40.0 Å².